The van der Waals surface area contributed by atoms with E-state index in [1.807, 2.05) is 0 Å². The van der Waals surface area contributed by atoms with Gasteiger partial charge in [-0.25, -0.2) is 0 Å². The van der Waals surface area contributed by atoms with E-state index < -0.39 is 24.2 Å². The summed E-state index contributed by atoms with van der Waals surface area (Å²) in [5, 5.41) is 18.1. The van der Waals surface area contributed by atoms with Crippen LogP contribution in [0.4, 0.5) is 13.2 Å². The van der Waals surface area contributed by atoms with Crippen LogP contribution in [0.2, 0.25) is 5.02 Å². The number of hydrogen-bond acceptors (Lipinski definition) is 4. The van der Waals surface area contributed by atoms with E-state index in [1.54, 1.807) is 13.8 Å². The third-order valence-electron chi connectivity index (χ3n) is 3.64. The Morgan fingerprint density at radius 2 is 2.00 bits per heavy atom. The number of carbonyl (C=O) groups excluding carboxylic acids is 1. The molecule has 1 aromatic rings. The molecule has 0 aliphatic carbocycles. The molecule has 0 saturated heterocycles. The zero-order valence-electron chi connectivity index (χ0n) is 12.8. The van der Waals surface area contributed by atoms with Crippen molar-refractivity contribution in [2.75, 3.05) is 0 Å². The Hall–Kier alpha value is -1.61. The lowest BCUT2D eigenvalue weighted by Crippen LogP contribution is -2.56. The minimum Gasteiger partial charge on any atom is -0.362 e. The summed E-state index contributed by atoms with van der Waals surface area (Å²) >= 11 is 5.98. The summed E-state index contributed by atoms with van der Waals surface area (Å²) in [4.78, 5) is 12.1. The number of aliphatic hydroxyl groups is 1. The molecule has 2 rings (SSSR count). The van der Waals surface area contributed by atoms with Crippen LogP contribution in [0.5, 0.6) is 0 Å². The average Bonchev–Trinajstić information content (AvgIpc) is 2.88. The normalized spacial score (nSPS) is 21.7. The zero-order chi connectivity index (χ0) is 17.6. The smallest absolute Gasteiger partial charge is 0.362 e. The number of alkyl halides is 3. The molecule has 128 valence electrons. The highest BCUT2D eigenvalue weighted by Gasteiger charge is 2.62. The van der Waals surface area contributed by atoms with Gasteiger partial charge in [0.25, 0.3) is 5.72 Å². The topological polar surface area (TPSA) is 70.7 Å². The van der Waals surface area contributed by atoms with E-state index in [0.29, 0.717) is 16.4 Å². The molecule has 1 amide bonds. The fourth-order valence-electron chi connectivity index (χ4n) is 2.40. The Labute approximate surface area is 135 Å². The van der Waals surface area contributed by atoms with Crippen LogP contribution in [-0.2, 0) is 11.3 Å². The summed E-state index contributed by atoms with van der Waals surface area (Å²) in [6.45, 7) is 4.74. The van der Waals surface area contributed by atoms with Gasteiger partial charge in [0.2, 0.25) is 5.91 Å². The van der Waals surface area contributed by atoms with Gasteiger partial charge < -0.3 is 5.11 Å². The standard InChI is InChI=1S/C13H16ClF3N4O2/c1-7-6-12(23,13(15,16)17)21(18-7)10(22)4-5-20-9(3)11(14)8(2)19-20/h23H,4-6H2,1-3H3/t12-/m0/s1. The Kier molecular flexibility index (Phi) is 4.46. The second-order valence-electron chi connectivity index (χ2n) is 5.49. The van der Waals surface area contributed by atoms with Gasteiger partial charge in [-0.3, -0.25) is 9.48 Å². The molecule has 1 aliphatic rings. The molecule has 10 heteroatoms. The van der Waals surface area contributed by atoms with Gasteiger partial charge in [0.15, 0.2) is 0 Å². The lowest BCUT2D eigenvalue weighted by molar-refractivity contribution is -0.302. The van der Waals surface area contributed by atoms with Crippen molar-refractivity contribution < 1.29 is 23.1 Å². The summed E-state index contributed by atoms with van der Waals surface area (Å²) in [5.74, 6) is -0.939. The maximum Gasteiger partial charge on any atom is 0.438 e. The molecule has 1 atom stereocenters. The van der Waals surface area contributed by atoms with Crippen LogP contribution in [-0.4, -0.2) is 43.4 Å². The summed E-state index contributed by atoms with van der Waals surface area (Å²) in [6.07, 6.45) is -6.05. The van der Waals surface area contributed by atoms with Crippen molar-refractivity contribution in [3.63, 3.8) is 0 Å². The predicted octanol–water partition coefficient (Wildman–Crippen LogP) is 2.40. The van der Waals surface area contributed by atoms with Crippen molar-refractivity contribution in [2.24, 2.45) is 5.10 Å². The van der Waals surface area contributed by atoms with E-state index >= 15 is 0 Å². The first-order valence-electron chi connectivity index (χ1n) is 6.83. The van der Waals surface area contributed by atoms with Crippen molar-refractivity contribution in [2.45, 2.75) is 52.1 Å². The second kappa shape index (κ2) is 5.79. The van der Waals surface area contributed by atoms with Crippen LogP contribution >= 0.6 is 11.6 Å². The van der Waals surface area contributed by atoms with E-state index in [-0.39, 0.29) is 23.7 Å². The maximum absolute atomic E-state index is 13.1. The molecule has 1 aromatic heterocycles. The summed E-state index contributed by atoms with van der Waals surface area (Å²) in [7, 11) is 0. The fourth-order valence-corrected chi connectivity index (χ4v) is 2.54. The first kappa shape index (κ1) is 17.7. The zero-order valence-corrected chi connectivity index (χ0v) is 13.5. The van der Waals surface area contributed by atoms with E-state index in [9.17, 15) is 23.1 Å². The largest absolute Gasteiger partial charge is 0.438 e. The first-order valence-corrected chi connectivity index (χ1v) is 7.21. The Morgan fingerprint density at radius 3 is 2.48 bits per heavy atom. The van der Waals surface area contributed by atoms with Gasteiger partial charge in [0, 0.05) is 18.6 Å². The van der Waals surface area contributed by atoms with Gasteiger partial charge in [-0.05, 0) is 20.8 Å². The highest BCUT2D eigenvalue weighted by atomic mass is 35.5. The number of rotatable bonds is 3. The van der Waals surface area contributed by atoms with Crippen LogP contribution in [0.3, 0.4) is 0 Å². The molecule has 23 heavy (non-hydrogen) atoms. The van der Waals surface area contributed by atoms with Crippen LogP contribution in [0.15, 0.2) is 5.10 Å². The van der Waals surface area contributed by atoms with Gasteiger partial charge in [-0.15, -0.1) is 0 Å². The molecule has 2 heterocycles. The molecular weight excluding hydrogens is 337 g/mol. The van der Waals surface area contributed by atoms with Crippen LogP contribution in [0.25, 0.3) is 0 Å². The maximum atomic E-state index is 13.1. The average molecular weight is 353 g/mol. The number of amides is 1. The van der Waals surface area contributed by atoms with Crippen molar-refractivity contribution in [1.29, 1.82) is 0 Å². The summed E-state index contributed by atoms with van der Waals surface area (Å²) in [5.41, 5.74) is -2.07. The third-order valence-corrected chi connectivity index (χ3v) is 4.19. The minimum absolute atomic E-state index is 0.0346. The Balaban J connectivity index is 2.15. The highest BCUT2D eigenvalue weighted by molar-refractivity contribution is 6.31. The number of carbonyl (C=O) groups is 1. The second-order valence-corrected chi connectivity index (χ2v) is 5.87. The third kappa shape index (κ3) is 3.07. The molecule has 0 spiro atoms. The molecule has 1 N–H and O–H groups in total. The van der Waals surface area contributed by atoms with Crippen LogP contribution < -0.4 is 0 Å². The van der Waals surface area contributed by atoms with E-state index in [1.165, 1.54) is 11.6 Å². The van der Waals surface area contributed by atoms with Crippen molar-refractivity contribution in [3.8, 4) is 0 Å². The number of aromatic nitrogens is 2. The quantitative estimate of drug-likeness (QED) is 0.908. The number of hydrazone groups is 1. The number of aryl methyl sites for hydroxylation is 2. The summed E-state index contributed by atoms with van der Waals surface area (Å²) < 4.78 is 40.6. The number of halogens is 4. The molecule has 0 fully saturated rings. The Morgan fingerprint density at radius 1 is 1.39 bits per heavy atom. The lowest BCUT2D eigenvalue weighted by Gasteiger charge is -2.32. The fraction of sp³-hybridized carbons (Fsp3) is 0.615. The monoisotopic (exact) mass is 352 g/mol. The molecule has 1 aliphatic heterocycles. The number of nitrogens with zero attached hydrogens (tertiary/aromatic N) is 4. The Bertz CT molecular complexity index is 671. The van der Waals surface area contributed by atoms with E-state index in [0.717, 1.165) is 0 Å². The van der Waals surface area contributed by atoms with Crippen molar-refractivity contribution in [1.82, 2.24) is 14.8 Å². The molecule has 6 nitrogen and oxygen atoms in total. The van der Waals surface area contributed by atoms with Gasteiger partial charge in [0.1, 0.15) is 0 Å². The van der Waals surface area contributed by atoms with Gasteiger partial charge in [-0.1, -0.05) is 11.6 Å². The van der Waals surface area contributed by atoms with E-state index in [4.69, 9.17) is 11.6 Å². The first-order chi connectivity index (χ1) is 10.5. The molecule has 0 radical (unpaired) electrons. The van der Waals surface area contributed by atoms with Crippen molar-refractivity contribution >= 4 is 23.2 Å². The van der Waals surface area contributed by atoms with Crippen LogP contribution in [0, 0.1) is 13.8 Å². The van der Waals surface area contributed by atoms with Crippen molar-refractivity contribution in [3.05, 3.63) is 16.4 Å². The highest BCUT2D eigenvalue weighted by Crippen LogP contribution is 2.40. The van der Waals surface area contributed by atoms with Gasteiger partial charge in [0.05, 0.1) is 23.0 Å². The lowest BCUT2D eigenvalue weighted by atomic mass is 10.1. The van der Waals surface area contributed by atoms with Gasteiger partial charge in [-0.2, -0.15) is 28.4 Å². The molecule has 0 saturated carbocycles. The van der Waals surface area contributed by atoms with E-state index in [2.05, 4.69) is 10.2 Å². The van der Waals surface area contributed by atoms with Crippen LogP contribution in [0.1, 0.15) is 31.2 Å². The number of hydrogen-bond donors (Lipinski definition) is 1. The molecular formula is C13H16ClF3N4O2. The molecule has 0 bridgehead atoms. The SMILES string of the molecule is CC1=NN(C(=O)CCn2nc(C)c(Cl)c2C)[C@@](O)(C(F)(F)F)C1. The molecule has 0 unspecified atom stereocenters. The minimum atomic E-state index is -4.99. The summed E-state index contributed by atoms with van der Waals surface area (Å²) in [6, 6.07) is 0. The van der Waals surface area contributed by atoms with Gasteiger partial charge >= 0.3 is 6.18 Å². The predicted molar refractivity (Wildman–Crippen MR) is 76.9 cm³/mol. The molecule has 0 aromatic carbocycles.